The topological polar surface area (TPSA) is 71.5 Å². The fourth-order valence-corrected chi connectivity index (χ4v) is 4.06. The Morgan fingerprint density at radius 2 is 1.97 bits per heavy atom. The van der Waals surface area contributed by atoms with Crippen molar-refractivity contribution in [3.8, 4) is 11.3 Å². The number of aryl methyl sites for hydroxylation is 1. The van der Waals surface area contributed by atoms with Gasteiger partial charge in [-0.2, -0.15) is 0 Å². The summed E-state index contributed by atoms with van der Waals surface area (Å²) in [6.07, 6.45) is 2.31. The lowest BCUT2D eigenvalue weighted by atomic mass is 9.97. The van der Waals surface area contributed by atoms with Gasteiger partial charge in [0.15, 0.2) is 11.5 Å². The molecule has 0 bridgehead atoms. The molecule has 1 saturated heterocycles. The highest BCUT2D eigenvalue weighted by atomic mass is 79.9. The molecule has 158 valence electrons. The van der Waals surface area contributed by atoms with Crippen LogP contribution in [0.1, 0.15) is 47.8 Å². The van der Waals surface area contributed by atoms with Crippen LogP contribution in [-0.4, -0.2) is 35.6 Å². The van der Waals surface area contributed by atoms with E-state index in [2.05, 4.69) is 38.2 Å². The molecule has 3 heterocycles. The molecule has 0 aliphatic carbocycles. The molecule has 2 aromatic heterocycles. The Morgan fingerprint density at radius 1 is 1.23 bits per heavy atom. The third kappa shape index (κ3) is 4.84. The van der Waals surface area contributed by atoms with Crippen LogP contribution in [0.5, 0.6) is 0 Å². The maximum absolute atomic E-state index is 12.7. The summed E-state index contributed by atoms with van der Waals surface area (Å²) < 4.78 is 12.3. The first-order valence-electron chi connectivity index (χ1n) is 10.3. The molecule has 3 aromatic rings. The van der Waals surface area contributed by atoms with Gasteiger partial charge in [-0.3, -0.25) is 9.69 Å². The van der Waals surface area contributed by atoms with Gasteiger partial charge in [-0.15, -0.1) is 0 Å². The zero-order chi connectivity index (χ0) is 21.1. The average molecular weight is 472 g/mol. The second kappa shape index (κ2) is 9.18. The highest BCUT2D eigenvalue weighted by molar-refractivity contribution is 9.10. The molecule has 1 aliphatic rings. The number of halogens is 1. The van der Waals surface area contributed by atoms with E-state index >= 15 is 0 Å². The molecule has 6 nitrogen and oxygen atoms in total. The van der Waals surface area contributed by atoms with Gasteiger partial charge in [0.05, 0.1) is 6.04 Å². The molecule has 1 N–H and O–H groups in total. The quantitative estimate of drug-likeness (QED) is 0.534. The first-order valence-corrected chi connectivity index (χ1v) is 11.1. The number of aromatic nitrogens is 1. The third-order valence-corrected chi connectivity index (χ3v) is 6.20. The number of carbonyl (C=O) groups excluding carboxylic acids is 1. The largest absolute Gasteiger partial charge is 0.465 e. The molecule has 0 unspecified atom stereocenters. The third-order valence-electron chi connectivity index (χ3n) is 5.68. The van der Waals surface area contributed by atoms with E-state index in [0.29, 0.717) is 12.3 Å². The van der Waals surface area contributed by atoms with Crippen molar-refractivity contribution in [1.29, 1.82) is 0 Å². The highest BCUT2D eigenvalue weighted by Gasteiger charge is 2.27. The fraction of sp³-hybridized carbons (Fsp3) is 0.391. The zero-order valence-electron chi connectivity index (χ0n) is 17.2. The number of likely N-dealkylation sites (tertiary alicyclic amines) is 1. The van der Waals surface area contributed by atoms with E-state index in [1.807, 2.05) is 43.3 Å². The summed E-state index contributed by atoms with van der Waals surface area (Å²) in [5.41, 5.74) is 1.14. The summed E-state index contributed by atoms with van der Waals surface area (Å²) in [6.45, 7) is 6.69. The number of carbonyl (C=O) groups is 1. The van der Waals surface area contributed by atoms with Gasteiger partial charge in [0.25, 0.3) is 5.91 Å². The summed E-state index contributed by atoms with van der Waals surface area (Å²) in [4.78, 5) is 15.1. The van der Waals surface area contributed by atoms with Crippen molar-refractivity contribution in [3.05, 3.63) is 64.2 Å². The second-order valence-corrected chi connectivity index (χ2v) is 8.89. The number of amides is 1. The second-order valence-electron chi connectivity index (χ2n) is 7.98. The van der Waals surface area contributed by atoms with Crippen LogP contribution in [0.3, 0.4) is 0 Å². The van der Waals surface area contributed by atoms with Crippen molar-refractivity contribution in [2.45, 2.75) is 32.7 Å². The van der Waals surface area contributed by atoms with E-state index < -0.39 is 0 Å². The van der Waals surface area contributed by atoms with Crippen LogP contribution in [0, 0.1) is 12.8 Å². The van der Waals surface area contributed by atoms with Crippen LogP contribution >= 0.6 is 15.9 Å². The molecule has 0 saturated carbocycles. The molecule has 0 radical (unpaired) electrons. The van der Waals surface area contributed by atoms with Crippen molar-refractivity contribution in [3.63, 3.8) is 0 Å². The van der Waals surface area contributed by atoms with Crippen molar-refractivity contribution in [1.82, 2.24) is 15.4 Å². The highest BCUT2D eigenvalue weighted by Crippen LogP contribution is 2.28. The summed E-state index contributed by atoms with van der Waals surface area (Å²) in [5.74, 6) is 2.82. The van der Waals surface area contributed by atoms with Gasteiger partial charge in [-0.1, -0.05) is 40.1 Å². The Morgan fingerprint density at radius 3 is 2.63 bits per heavy atom. The lowest BCUT2D eigenvalue weighted by Crippen LogP contribution is -2.41. The predicted molar refractivity (Wildman–Crippen MR) is 118 cm³/mol. The normalized spacial score (nSPS) is 16.5. The number of nitrogens with zero attached hydrogens (tertiary/aromatic N) is 2. The minimum Gasteiger partial charge on any atom is -0.465 e. The van der Waals surface area contributed by atoms with Gasteiger partial charge in [0.2, 0.25) is 0 Å². The van der Waals surface area contributed by atoms with Crippen LogP contribution in [0.15, 0.2) is 55.9 Å². The molecule has 1 atom stereocenters. The average Bonchev–Trinajstić information content (AvgIpc) is 3.39. The van der Waals surface area contributed by atoms with Crippen LogP contribution < -0.4 is 5.32 Å². The van der Waals surface area contributed by atoms with Gasteiger partial charge < -0.3 is 14.3 Å². The van der Waals surface area contributed by atoms with Crippen LogP contribution in [-0.2, 0) is 0 Å². The number of piperidine rings is 1. The summed E-state index contributed by atoms with van der Waals surface area (Å²) in [5, 5.41) is 6.97. The fourth-order valence-electron chi connectivity index (χ4n) is 3.79. The number of benzene rings is 1. The van der Waals surface area contributed by atoms with Gasteiger partial charge in [0, 0.05) is 22.6 Å². The van der Waals surface area contributed by atoms with Crippen molar-refractivity contribution in [2.24, 2.45) is 5.92 Å². The minimum atomic E-state index is -0.249. The maximum Gasteiger partial charge on any atom is 0.273 e. The number of hydrogen-bond acceptors (Lipinski definition) is 5. The Labute approximate surface area is 184 Å². The van der Waals surface area contributed by atoms with Crippen molar-refractivity contribution >= 4 is 21.8 Å². The molecule has 1 aliphatic heterocycles. The van der Waals surface area contributed by atoms with Crippen LogP contribution in [0.4, 0.5) is 0 Å². The van der Waals surface area contributed by atoms with Crippen LogP contribution in [0.25, 0.3) is 11.3 Å². The molecule has 4 rings (SSSR count). The van der Waals surface area contributed by atoms with E-state index in [-0.39, 0.29) is 17.6 Å². The number of nitrogens with one attached hydrogen (secondary N) is 1. The maximum atomic E-state index is 12.7. The molecular weight excluding hydrogens is 446 g/mol. The summed E-state index contributed by atoms with van der Waals surface area (Å²) in [7, 11) is 0. The molecule has 7 heteroatoms. The summed E-state index contributed by atoms with van der Waals surface area (Å²) in [6, 6.07) is 13.3. The number of rotatable bonds is 6. The van der Waals surface area contributed by atoms with E-state index in [9.17, 15) is 4.79 Å². The molecular formula is C23H26BrN3O3. The van der Waals surface area contributed by atoms with Crippen molar-refractivity contribution < 1.29 is 13.7 Å². The molecule has 1 aromatic carbocycles. The van der Waals surface area contributed by atoms with Crippen LogP contribution in [0.2, 0.25) is 0 Å². The monoisotopic (exact) mass is 471 g/mol. The number of furan rings is 1. The van der Waals surface area contributed by atoms with Crippen molar-refractivity contribution in [2.75, 3.05) is 19.6 Å². The lowest BCUT2D eigenvalue weighted by molar-refractivity contribution is 0.0887. The molecule has 1 amide bonds. The standard InChI is InChI=1S/C23H26BrN3O3/c1-15-9-11-27(12-10-15)20(21-8-3-16(2)29-21)14-25-23(28)19-13-22(30-26-19)17-4-6-18(24)7-5-17/h3-8,13,15,20H,9-12,14H2,1-2H3,(H,25,28)/t20-/m0/s1. The summed E-state index contributed by atoms with van der Waals surface area (Å²) >= 11 is 3.42. The smallest absolute Gasteiger partial charge is 0.273 e. The Kier molecular flexibility index (Phi) is 6.39. The molecule has 0 spiro atoms. The predicted octanol–water partition coefficient (Wildman–Crippen LogP) is 5.21. The van der Waals surface area contributed by atoms with Gasteiger partial charge >= 0.3 is 0 Å². The Bertz CT molecular complexity index is 987. The zero-order valence-corrected chi connectivity index (χ0v) is 18.8. The SMILES string of the molecule is Cc1ccc([C@H](CNC(=O)c2cc(-c3ccc(Br)cc3)on2)N2CCC(C)CC2)o1. The van der Waals surface area contributed by atoms with E-state index in [1.165, 1.54) is 0 Å². The van der Waals surface area contributed by atoms with E-state index in [4.69, 9.17) is 8.94 Å². The minimum absolute atomic E-state index is 0.00740. The lowest BCUT2D eigenvalue weighted by Gasteiger charge is -2.35. The van der Waals surface area contributed by atoms with Gasteiger partial charge in [0.1, 0.15) is 11.5 Å². The number of hydrogen-bond donors (Lipinski definition) is 1. The van der Waals surface area contributed by atoms with E-state index in [0.717, 1.165) is 53.4 Å². The first-order chi connectivity index (χ1) is 14.5. The van der Waals surface area contributed by atoms with Gasteiger partial charge in [-0.05, 0) is 63.0 Å². The van der Waals surface area contributed by atoms with Gasteiger partial charge in [-0.25, -0.2) is 0 Å². The van der Waals surface area contributed by atoms with E-state index in [1.54, 1.807) is 6.07 Å². The Hall–Kier alpha value is -2.38. The molecule has 1 fully saturated rings. The molecule has 30 heavy (non-hydrogen) atoms. The Balaban J connectivity index is 1.44. The first kappa shape index (κ1) is 20.9.